The van der Waals surface area contributed by atoms with Crippen molar-refractivity contribution in [3.05, 3.63) is 5.01 Å². The molecule has 8 heteroatoms. The fourth-order valence-corrected chi connectivity index (χ4v) is 4.17. The number of urea groups is 1. The van der Waals surface area contributed by atoms with Crippen molar-refractivity contribution in [2.45, 2.75) is 61.6 Å². The zero-order valence-electron chi connectivity index (χ0n) is 12.2. The molecule has 6 nitrogen and oxygen atoms in total. The molecule has 0 spiro atoms. The lowest BCUT2D eigenvalue weighted by atomic mass is 9.96. The predicted octanol–water partition coefficient (Wildman–Crippen LogP) is 2.49. The summed E-state index contributed by atoms with van der Waals surface area (Å²) in [4.78, 5) is 23.8. The van der Waals surface area contributed by atoms with E-state index in [9.17, 15) is 9.59 Å². The third kappa shape index (κ3) is 5.28. The Morgan fingerprint density at radius 1 is 1.29 bits per heavy atom. The number of amides is 3. The fourth-order valence-electron chi connectivity index (χ4n) is 2.21. The van der Waals surface area contributed by atoms with E-state index in [1.165, 1.54) is 29.5 Å². The lowest BCUT2D eigenvalue weighted by molar-refractivity contribution is -0.119. The van der Waals surface area contributed by atoms with Gasteiger partial charge in [-0.25, -0.2) is 4.79 Å². The maximum absolute atomic E-state index is 12.0. The van der Waals surface area contributed by atoms with Gasteiger partial charge in [0.05, 0.1) is 5.25 Å². The Bertz CT molecular complexity index is 500. The van der Waals surface area contributed by atoms with Crippen LogP contribution < -0.4 is 10.6 Å². The van der Waals surface area contributed by atoms with Gasteiger partial charge in [-0.1, -0.05) is 42.4 Å². The number of rotatable bonds is 4. The number of nitrogens with one attached hydrogen (secondary N) is 2. The molecular weight excluding hydrogens is 308 g/mol. The molecule has 1 aromatic rings. The first-order valence-electron chi connectivity index (χ1n) is 7.12. The maximum atomic E-state index is 12.0. The summed E-state index contributed by atoms with van der Waals surface area (Å²) in [6.45, 7) is 3.62. The van der Waals surface area contributed by atoms with Gasteiger partial charge in [-0.3, -0.25) is 10.1 Å². The molecule has 1 aliphatic carbocycles. The van der Waals surface area contributed by atoms with Crippen LogP contribution in [0.15, 0.2) is 4.34 Å². The van der Waals surface area contributed by atoms with Crippen LogP contribution in [0.4, 0.5) is 4.79 Å². The fraction of sp³-hybridized carbons (Fsp3) is 0.692. The van der Waals surface area contributed by atoms with Gasteiger partial charge in [0.1, 0.15) is 5.01 Å². The number of hydrogen-bond acceptors (Lipinski definition) is 6. The summed E-state index contributed by atoms with van der Waals surface area (Å²) in [5, 5.41) is 13.6. The Hall–Kier alpha value is -1.15. The Morgan fingerprint density at radius 2 is 2.00 bits per heavy atom. The summed E-state index contributed by atoms with van der Waals surface area (Å²) < 4.78 is 0.739. The van der Waals surface area contributed by atoms with E-state index in [-0.39, 0.29) is 17.2 Å². The van der Waals surface area contributed by atoms with Gasteiger partial charge < -0.3 is 5.32 Å². The summed E-state index contributed by atoms with van der Waals surface area (Å²) in [7, 11) is 0. The molecule has 116 valence electrons. The zero-order chi connectivity index (χ0) is 15.2. The second-order valence-electron chi connectivity index (χ2n) is 5.14. The van der Waals surface area contributed by atoms with Crippen LogP contribution in [0.5, 0.6) is 0 Å². The van der Waals surface area contributed by atoms with Crippen molar-refractivity contribution in [1.82, 2.24) is 20.8 Å². The minimum Gasteiger partial charge on any atom is -0.335 e. The molecule has 1 fully saturated rings. The molecule has 1 aliphatic rings. The van der Waals surface area contributed by atoms with Crippen LogP contribution in [0.2, 0.25) is 0 Å². The van der Waals surface area contributed by atoms with E-state index in [2.05, 4.69) is 20.8 Å². The van der Waals surface area contributed by atoms with Gasteiger partial charge in [-0.15, -0.1) is 10.2 Å². The van der Waals surface area contributed by atoms with Crippen LogP contribution >= 0.6 is 23.1 Å². The van der Waals surface area contributed by atoms with E-state index in [0.29, 0.717) is 0 Å². The summed E-state index contributed by atoms with van der Waals surface area (Å²) in [5.41, 5.74) is 0. The normalized spacial score (nSPS) is 17.2. The summed E-state index contributed by atoms with van der Waals surface area (Å²) in [5.74, 6) is -0.304. The Balaban J connectivity index is 1.75. The van der Waals surface area contributed by atoms with Crippen LogP contribution in [0.25, 0.3) is 0 Å². The molecule has 2 rings (SSSR count). The molecule has 2 N–H and O–H groups in total. The average molecular weight is 328 g/mol. The third-order valence-corrected chi connectivity index (χ3v) is 5.35. The highest BCUT2D eigenvalue weighted by Gasteiger charge is 2.21. The Kier molecular flexibility index (Phi) is 5.98. The van der Waals surface area contributed by atoms with Crippen molar-refractivity contribution in [2.24, 2.45) is 0 Å². The standard InChI is InChI=1S/C13H20N4O2S2/c1-8(20-13-17-16-9(2)21-13)11(18)15-12(19)14-10-6-4-3-5-7-10/h8,10H,3-7H2,1-2H3,(H2,14,15,18,19)/t8-/m1/s1. The topological polar surface area (TPSA) is 84.0 Å². The van der Waals surface area contributed by atoms with E-state index >= 15 is 0 Å². The summed E-state index contributed by atoms with van der Waals surface area (Å²) in [6, 6.07) is -0.201. The number of aromatic nitrogens is 2. The van der Waals surface area contributed by atoms with Gasteiger partial charge >= 0.3 is 6.03 Å². The van der Waals surface area contributed by atoms with Crippen molar-refractivity contribution >= 4 is 35.0 Å². The molecule has 1 aromatic heterocycles. The molecule has 0 aromatic carbocycles. The van der Waals surface area contributed by atoms with Crippen molar-refractivity contribution < 1.29 is 9.59 Å². The molecule has 0 unspecified atom stereocenters. The predicted molar refractivity (Wildman–Crippen MR) is 83.5 cm³/mol. The molecule has 0 aliphatic heterocycles. The third-order valence-electron chi connectivity index (χ3n) is 3.33. The highest BCUT2D eigenvalue weighted by Crippen LogP contribution is 2.26. The number of aryl methyl sites for hydroxylation is 1. The molecular formula is C13H20N4O2S2. The lowest BCUT2D eigenvalue weighted by Crippen LogP contribution is -2.47. The Labute approximate surface area is 132 Å². The molecule has 1 heterocycles. The quantitative estimate of drug-likeness (QED) is 0.830. The number of carbonyl (C=O) groups is 2. The van der Waals surface area contributed by atoms with Gasteiger partial charge in [-0.2, -0.15) is 0 Å². The van der Waals surface area contributed by atoms with Crippen LogP contribution in [-0.2, 0) is 4.79 Å². The number of imide groups is 1. The first-order valence-corrected chi connectivity index (χ1v) is 8.82. The summed E-state index contributed by atoms with van der Waals surface area (Å²) >= 11 is 2.75. The Morgan fingerprint density at radius 3 is 2.62 bits per heavy atom. The van der Waals surface area contributed by atoms with E-state index in [0.717, 1.165) is 35.0 Å². The number of nitrogens with zero attached hydrogens (tertiary/aromatic N) is 2. The average Bonchev–Trinajstić information content (AvgIpc) is 2.85. The van der Waals surface area contributed by atoms with E-state index < -0.39 is 6.03 Å². The maximum Gasteiger partial charge on any atom is 0.321 e. The van der Waals surface area contributed by atoms with Crippen molar-refractivity contribution in [3.63, 3.8) is 0 Å². The van der Waals surface area contributed by atoms with E-state index in [1.54, 1.807) is 6.92 Å². The highest BCUT2D eigenvalue weighted by atomic mass is 32.2. The lowest BCUT2D eigenvalue weighted by Gasteiger charge is -2.22. The molecule has 21 heavy (non-hydrogen) atoms. The van der Waals surface area contributed by atoms with Crippen LogP contribution in [0.1, 0.15) is 44.0 Å². The molecule has 0 bridgehead atoms. The smallest absolute Gasteiger partial charge is 0.321 e. The van der Waals surface area contributed by atoms with Crippen LogP contribution in [-0.4, -0.2) is 33.4 Å². The second-order valence-corrected chi connectivity index (χ2v) is 7.91. The van der Waals surface area contributed by atoms with Crippen molar-refractivity contribution in [2.75, 3.05) is 0 Å². The first-order chi connectivity index (χ1) is 10.0. The van der Waals surface area contributed by atoms with Gasteiger partial charge in [0.2, 0.25) is 5.91 Å². The number of thioether (sulfide) groups is 1. The van der Waals surface area contributed by atoms with E-state index in [1.807, 2.05) is 6.92 Å². The second kappa shape index (κ2) is 7.74. The van der Waals surface area contributed by atoms with Gasteiger partial charge in [0.25, 0.3) is 0 Å². The molecule has 1 atom stereocenters. The molecule has 1 saturated carbocycles. The van der Waals surface area contributed by atoms with Gasteiger partial charge in [0.15, 0.2) is 4.34 Å². The summed E-state index contributed by atoms with van der Waals surface area (Å²) in [6.07, 6.45) is 5.50. The molecule has 0 radical (unpaired) electrons. The largest absolute Gasteiger partial charge is 0.335 e. The zero-order valence-corrected chi connectivity index (χ0v) is 13.9. The van der Waals surface area contributed by atoms with Crippen LogP contribution in [0, 0.1) is 6.92 Å². The van der Waals surface area contributed by atoms with E-state index in [4.69, 9.17) is 0 Å². The van der Waals surface area contributed by atoms with Gasteiger partial charge in [-0.05, 0) is 26.7 Å². The minimum atomic E-state index is -0.396. The monoisotopic (exact) mass is 328 g/mol. The van der Waals surface area contributed by atoms with Crippen molar-refractivity contribution in [1.29, 1.82) is 0 Å². The minimum absolute atomic E-state index is 0.195. The molecule has 0 saturated heterocycles. The first kappa shape index (κ1) is 16.2. The number of carbonyl (C=O) groups excluding carboxylic acids is 2. The molecule has 3 amide bonds. The number of hydrogen-bond donors (Lipinski definition) is 2. The highest BCUT2D eigenvalue weighted by molar-refractivity contribution is 8.02. The SMILES string of the molecule is Cc1nnc(S[C@H](C)C(=O)NC(=O)NC2CCCCC2)s1. The van der Waals surface area contributed by atoms with Crippen molar-refractivity contribution in [3.8, 4) is 0 Å². The van der Waals surface area contributed by atoms with Crippen LogP contribution in [0.3, 0.4) is 0 Å². The van der Waals surface area contributed by atoms with Gasteiger partial charge in [0, 0.05) is 6.04 Å².